The second-order valence-corrected chi connectivity index (χ2v) is 4.40. The van der Waals surface area contributed by atoms with Crippen LogP contribution in [0.25, 0.3) is 0 Å². The van der Waals surface area contributed by atoms with Crippen molar-refractivity contribution >= 4 is 34.7 Å². The van der Waals surface area contributed by atoms with Gasteiger partial charge in [0.25, 0.3) is 5.69 Å². The van der Waals surface area contributed by atoms with Crippen LogP contribution in [0.1, 0.15) is 5.82 Å². The molecule has 2 aromatic rings. The van der Waals surface area contributed by atoms with Crippen LogP contribution in [0, 0.1) is 10.1 Å². The first kappa shape index (κ1) is 14.5. The number of non-ortho nitro benzene ring substituents is 1. The molecule has 0 fully saturated rings. The average molecular weight is 308 g/mol. The lowest BCUT2D eigenvalue weighted by Gasteiger charge is -2.03. The number of aromatic nitrogens is 2. The van der Waals surface area contributed by atoms with E-state index in [-0.39, 0.29) is 23.0 Å². The number of nitrogens with one attached hydrogen (secondary N) is 1. The normalized spacial score (nSPS) is 9.90. The van der Waals surface area contributed by atoms with Gasteiger partial charge in [-0.25, -0.2) is 9.78 Å². The van der Waals surface area contributed by atoms with Gasteiger partial charge in [-0.2, -0.15) is 4.37 Å². The highest BCUT2D eigenvalue weighted by Gasteiger charge is 2.11. The lowest BCUT2D eigenvalue weighted by molar-refractivity contribution is -0.384. The molecule has 0 bridgehead atoms. The zero-order valence-corrected chi connectivity index (χ0v) is 11.2. The van der Waals surface area contributed by atoms with Gasteiger partial charge in [0.1, 0.15) is 12.0 Å². The third-order valence-electron chi connectivity index (χ3n) is 2.20. The Labute approximate surface area is 121 Å². The molecule has 0 atom stereocenters. The number of rotatable bonds is 5. The van der Waals surface area contributed by atoms with Gasteiger partial charge < -0.3 is 9.53 Å². The van der Waals surface area contributed by atoms with Crippen molar-refractivity contribution in [3.05, 3.63) is 40.2 Å². The summed E-state index contributed by atoms with van der Waals surface area (Å²) in [4.78, 5) is 35.7. The molecular weight excluding hydrogens is 300 g/mol. The SMILES string of the molecule is O=CCc1nsc(NC(=O)Oc2ccc([N+](=O)[O-])cc2)n1. The number of amides is 1. The summed E-state index contributed by atoms with van der Waals surface area (Å²) in [5, 5.41) is 13.0. The van der Waals surface area contributed by atoms with Gasteiger partial charge in [-0.1, -0.05) is 0 Å². The second-order valence-electron chi connectivity index (χ2n) is 3.65. The highest BCUT2D eigenvalue weighted by atomic mass is 32.1. The first-order chi connectivity index (χ1) is 10.1. The van der Waals surface area contributed by atoms with E-state index in [9.17, 15) is 19.7 Å². The number of aldehydes is 1. The molecule has 21 heavy (non-hydrogen) atoms. The number of carbonyl (C=O) groups is 2. The number of hydrogen-bond acceptors (Lipinski definition) is 8. The van der Waals surface area contributed by atoms with Crippen molar-refractivity contribution < 1.29 is 19.2 Å². The van der Waals surface area contributed by atoms with Crippen LogP contribution in [0.15, 0.2) is 24.3 Å². The maximum absolute atomic E-state index is 11.6. The monoisotopic (exact) mass is 308 g/mol. The molecule has 2 rings (SSSR count). The Balaban J connectivity index is 1.94. The summed E-state index contributed by atoms with van der Waals surface area (Å²) in [5.74, 6) is 0.455. The molecule has 0 saturated carbocycles. The Bertz CT molecular complexity index is 670. The van der Waals surface area contributed by atoms with Gasteiger partial charge in [0, 0.05) is 23.7 Å². The highest BCUT2D eigenvalue weighted by Crippen LogP contribution is 2.18. The smallest absolute Gasteiger partial charge is 0.410 e. The predicted molar refractivity (Wildman–Crippen MR) is 72.4 cm³/mol. The maximum Gasteiger partial charge on any atom is 0.418 e. The predicted octanol–water partition coefficient (Wildman–Crippen LogP) is 1.80. The fourth-order valence-electron chi connectivity index (χ4n) is 1.32. The number of carbonyl (C=O) groups excluding carboxylic acids is 2. The number of anilines is 1. The van der Waals surface area contributed by atoms with Gasteiger partial charge in [-0.3, -0.25) is 15.4 Å². The van der Waals surface area contributed by atoms with E-state index < -0.39 is 11.0 Å². The van der Waals surface area contributed by atoms with Gasteiger partial charge in [0.2, 0.25) is 5.13 Å². The van der Waals surface area contributed by atoms with E-state index in [1.165, 1.54) is 24.3 Å². The minimum atomic E-state index is -0.808. The number of nitro groups is 1. The van der Waals surface area contributed by atoms with E-state index in [1.54, 1.807) is 0 Å². The standard InChI is InChI=1S/C11H8N4O5S/c16-6-5-9-12-10(21-14-9)13-11(17)20-8-3-1-7(2-4-8)15(18)19/h1-4,6H,5H2,(H,12,13,14,17). The molecule has 0 aliphatic heterocycles. The van der Waals surface area contributed by atoms with Gasteiger partial charge in [0.15, 0.2) is 5.82 Å². The van der Waals surface area contributed by atoms with E-state index in [4.69, 9.17) is 4.74 Å². The zero-order chi connectivity index (χ0) is 15.2. The summed E-state index contributed by atoms with van der Waals surface area (Å²) in [6.45, 7) is 0. The molecule has 9 nitrogen and oxygen atoms in total. The summed E-state index contributed by atoms with van der Waals surface area (Å²) < 4.78 is 8.77. The minimum absolute atomic E-state index is 0.0651. The molecule has 10 heteroatoms. The molecule has 0 aliphatic carbocycles. The molecule has 0 saturated heterocycles. The van der Waals surface area contributed by atoms with Crippen molar-refractivity contribution in [1.29, 1.82) is 0 Å². The Morgan fingerprint density at radius 2 is 2.14 bits per heavy atom. The van der Waals surface area contributed by atoms with Crippen molar-refractivity contribution in [2.75, 3.05) is 5.32 Å². The quantitative estimate of drug-likeness (QED) is 0.507. The summed E-state index contributed by atoms with van der Waals surface area (Å²) in [7, 11) is 0. The van der Waals surface area contributed by atoms with Gasteiger partial charge in [0.05, 0.1) is 11.3 Å². The molecule has 108 valence electrons. The van der Waals surface area contributed by atoms with E-state index >= 15 is 0 Å². The van der Waals surface area contributed by atoms with Crippen LogP contribution in [0.3, 0.4) is 0 Å². The molecule has 1 aromatic heterocycles. The van der Waals surface area contributed by atoms with Crippen molar-refractivity contribution in [1.82, 2.24) is 9.36 Å². The van der Waals surface area contributed by atoms with Crippen LogP contribution in [0.4, 0.5) is 15.6 Å². The van der Waals surface area contributed by atoms with Gasteiger partial charge >= 0.3 is 6.09 Å². The largest absolute Gasteiger partial charge is 0.418 e. The van der Waals surface area contributed by atoms with E-state index in [1.807, 2.05) is 0 Å². The lowest BCUT2D eigenvalue weighted by atomic mass is 10.3. The summed E-state index contributed by atoms with van der Waals surface area (Å²) in [5.41, 5.74) is -0.106. The number of nitrogens with zero attached hydrogens (tertiary/aromatic N) is 3. The van der Waals surface area contributed by atoms with Crippen LogP contribution in [-0.4, -0.2) is 26.7 Å². The van der Waals surface area contributed by atoms with Crippen LogP contribution in [0.2, 0.25) is 0 Å². The Hall–Kier alpha value is -2.88. The molecule has 0 unspecified atom stereocenters. The van der Waals surface area contributed by atoms with E-state index in [0.29, 0.717) is 12.1 Å². The molecule has 1 N–H and O–H groups in total. The Morgan fingerprint density at radius 3 is 2.76 bits per heavy atom. The fraction of sp³-hybridized carbons (Fsp3) is 0.0909. The Morgan fingerprint density at radius 1 is 1.43 bits per heavy atom. The van der Waals surface area contributed by atoms with E-state index in [0.717, 1.165) is 11.5 Å². The van der Waals surface area contributed by atoms with Crippen LogP contribution >= 0.6 is 11.5 Å². The molecule has 0 aliphatic rings. The minimum Gasteiger partial charge on any atom is -0.410 e. The molecule has 1 heterocycles. The number of nitro benzene ring substituents is 1. The number of benzene rings is 1. The first-order valence-electron chi connectivity index (χ1n) is 5.58. The summed E-state index contributed by atoms with van der Waals surface area (Å²) >= 11 is 0.913. The summed E-state index contributed by atoms with van der Waals surface area (Å²) in [6, 6.07) is 5.04. The lowest BCUT2D eigenvalue weighted by Crippen LogP contribution is -2.16. The average Bonchev–Trinajstić information content (AvgIpc) is 2.87. The molecule has 0 spiro atoms. The third-order valence-corrected chi connectivity index (χ3v) is 2.87. The third kappa shape index (κ3) is 4.04. The second kappa shape index (κ2) is 6.52. The van der Waals surface area contributed by atoms with Gasteiger partial charge in [-0.15, -0.1) is 0 Å². The van der Waals surface area contributed by atoms with E-state index in [2.05, 4.69) is 14.7 Å². The first-order valence-corrected chi connectivity index (χ1v) is 6.35. The molecular formula is C11H8N4O5S. The highest BCUT2D eigenvalue weighted by molar-refractivity contribution is 7.09. The Kier molecular flexibility index (Phi) is 4.51. The number of ether oxygens (including phenoxy) is 1. The summed E-state index contributed by atoms with van der Waals surface area (Å²) in [6.07, 6.45) is -0.0889. The topological polar surface area (TPSA) is 124 Å². The van der Waals surface area contributed by atoms with Crippen molar-refractivity contribution in [2.24, 2.45) is 0 Å². The molecule has 1 amide bonds. The maximum atomic E-state index is 11.6. The van der Waals surface area contributed by atoms with Gasteiger partial charge in [-0.05, 0) is 12.1 Å². The molecule has 1 aromatic carbocycles. The zero-order valence-electron chi connectivity index (χ0n) is 10.4. The van der Waals surface area contributed by atoms with Crippen molar-refractivity contribution in [3.63, 3.8) is 0 Å². The van der Waals surface area contributed by atoms with Crippen molar-refractivity contribution in [2.45, 2.75) is 6.42 Å². The number of hydrogen-bond donors (Lipinski definition) is 1. The van der Waals surface area contributed by atoms with Crippen LogP contribution in [0.5, 0.6) is 5.75 Å². The van der Waals surface area contributed by atoms with Crippen LogP contribution < -0.4 is 10.1 Å². The fourth-order valence-corrected chi connectivity index (χ4v) is 1.90. The molecule has 0 radical (unpaired) electrons. The van der Waals surface area contributed by atoms with Crippen LogP contribution in [-0.2, 0) is 11.2 Å². The van der Waals surface area contributed by atoms with Crippen molar-refractivity contribution in [3.8, 4) is 5.75 Å².